The first-order valence-electron chi connectivity index (χ1n) is 13.3. The van der Waals surface area contributed by atoms with Gasteiger partial charge < -0.3 is 0 Å². The van der Waals surface area contributed by atoms with Crippen molar-refractivity contribution in [1.82, 2.24) is 0 Å². The van der Waals surface area contributed by atoms with Crippen LogP contribution in [0.1, 0.15) is 128 Å². The lowest BCUT2D eigenvalue weighted by Crippen LogP contribution is -2.49. The van der Waals surface area contributed by atoms with Gasteiger partial charge in [-0.3, -0.25) is 4.99 Å². The first-order chi connectivity index (χ1) is 14.3. The van der Waals surface area contributed by atoms with Crippen LogP contribution < -0.4 is 0 Å². The van der Waals surface area contributed by atoms with E-state index < -0.39 is 0 Å². The molecule has 29 heavy (non-hydrogen) atoms. The van der Waals surface area contributed by atoms with Crippen LogP contribution in [0, 0.1) is 17.8 Å². The van der Waals surface area contributed by atoms with Gasteiger partial charge in [0.15, 0.2) is 0 Å². The van der Waals surface area contributed by atoms with Crippen LogP contribution in [0.3, 0.4) is 0 Å². The third-order valence-corrected chi connectivity index (χ3v) is 8.75. The maximum absolute atomic E-state index is 5.19. The predicted molar refractivity (Wildman–Crippen MR) is 132 cm³/mol. The molecule has 4 bridgehead atoms. The van der Waals surface area contributed by atoms with Crippen molar-refractivity contribution < 1.29 is 0 Å². The summed E-state index contributed by atoms with van der Waals surface area (Å²) in [6.07, 6.45) is 33.5. The molecule has 0 unspecified atom stereocenters. The summed E-state index contributed by atoms with van der Waals surface area (Å²) in [7, 11) is 0. The number of nitrogens with zero attached hydrogens (tertiary/aromatic N) is 1. The molecule has 2 heteroatoms. The van der Waals surface area contributed by atoms with Gasteiger partial charge in [0.2, 0.25) is 0 Å². The average Bonchev–Trinajstić information content (AvgIpc) is 2.69. The van der Waals surface area contributed by atoms with Crippen LogP contribution in [0.25, 0.3) is 0 Å². The van der Waals surface area contributed by atoms with E-state index in [-0.39, 0.29) is 0 Å². The van der Waals surface area contributed by atoms with Gasteiger partial charge in [-0.2, -0.15) is 11.8 Å². The van der Waals surface area contributed by atoms with Gasteiger partial charge in [-0.15, -0.1) is 0 Å². The van der Waals surface area contributed by atoms with Gasteiger partial charge in [-0.05, 0) is 93.8 Å². The molecule has 0 atom stereocenters. The first-order valence-corrected chi connectivity index (χ1v) is 14.7. The van der Waals surface area contributed by atoms with Crippen LogP contribution in [-0.4, -0.2) is 23.8 Å². The lowest BCUT2D eigenvalue weighted by atomic mass is 9.53. The summed E-state index contributed by atoms with van der Waals surface area (Å²) in [5, 5.41) is 0. The smallest absolute Gasteiger partial charge is 0.0612 e. The Kier molecular flexibility index (Phi) is 11.0. The summed E-state index contributed by atoms with van der Waals surface area (Å²) >= 11 is 1.99. The molecule has 0 amide bonds. The maximum Gasteiger partial charge on any atom is 0.0612 e. The molecule has 1 nitrogen and oxygen atoms in total. The van der Waals surface area contributed by atoms with Crippen LogP contribution in [-0.2, 0) is 0 Å². The van der Waals surface area contributed by atoms with E-state index in [1.165, 1.54) is 134 Å². The summed E-state index contributed by atoms with van der Waals surface area (Å²) in [6.45, 7) is 0. The molecule has 0 aromatic rings. The van der Waals surface area contributed by atoms with Crippen molar-refractivity contribution in [2.75, 3.05) is 12.0 Å². The molecule has 0 heterocycles. The van der Waals surface area contributed by atoms with Crippen LogP contribution in [0.15, 0.2) is 4.99 Å². The highest BCUT2D eigenvalue weighted by atomic mass is 32.2. The molecule has 4 rings (SSSR count). The van der Waals surface area contributed by atoms with Crippen LogP contribution in [0.2, 0.25) is 0 Å². The molecule has 0 spiro atoms. The number of aliphatic imine (C=N–C) groups is 1. The van der Waals surface area contributed by atoms with E-state index in [4.69, 9.17) is 4.99 Å². The molecule has 4 aliphatic rings. The summed E-state index contributed by atoms with van der Waals surface area (Å²) < 4.78 is 0. The van der Waals surface area contributed by atoms with Crippen LogP contribution >= 0.6 is 11.8 Å². The van der Waals surface area contributed by atoms with Crippen molar-refractivity contribution in [3.8, 4) is 0 Å². The molecule has 0 aliphatic heterocycles. The SMILES string of the molecule is CSCCCCCCCCCCCCCCCC=NC12CC3CC(CC(C3)C1)C2. The van der Waals surface area contributed by atoms with Crippen molar-refractivity contribution in [3.05, 3.63) is 0 Å². The minimum absolute atomic E-state index is 0.406. The number of thioether (sulfide) groups is 1. The standard InChI is InChI=1S/C27H49NS/c1-29-17-15-13-11-9-7-5-3-2-4-6-8-10-12-14-16-28-27-21-24-18-25(22-27)20-26(19-24)23-27/h16,24-26H,2-15,17-23H2,1H3. The van der Waals surface area contributed by atoms with Gasteiger partial charge in [0.25, 0.3) is 0 Å². The number of rotatable bonds is 17. The summed E-state index contributed by atoms with van der Waals surface area (Å²) in [5.74, 6) is 4.45. The Morgan fingerprint density at radius 2 is 1.07 bits per heavy atom. The molecule has 4 saturated carbocycles. The Balaban J connectivity index is 1.08. The van der Waals surface area contributed by atoms with Crippen molar-refractivity contribution in [2.45, 2.75) is 134 Å². The first kappa shape index (κ1) is 23.7. The molecule has 0 radical (unpaired) electrons. The third-order valence-electron chi connectivity index (χ3n) is 8.05. The average molecular weight is 420 g/mol. The molecule has 0 N–H and O–H groups in total. The Hall–Kier alpha value is 0.0200. The van der Waals surface area contributed by atoms with E-state index >= 15 is 0 Å². The highest BCUT2D eigenvalue weighted by molar-refractivity contribution is 7.98. The molecular weight excluding hydrogens is 370 g/mol. The lowest BCUT2D eigenvalue weighted by Gasteiger charge is -2.55. The number of unbranched alkanes of at least 4 members (excludes halogenated alkanes) is 13. The van der Waals surface area contributed by atoms with Crippen molar-refractivity contribution in [1.29, 1.82) is 0 Å². The van der Waals surface area contributed by atoms with Gasteiger partial charge in [-0.1, -0.05) is 70.6 Å². The van der Waals surface area contributed by atoms with Crippen molar-refractivity contribution in [2.24, 2.45) is 22.7 Å². The van der Waals surface area contributed by atoms with Gasteiger partial charge in [0.05, 0.1) is 5.54 Å². The fourth-order valence-corrected chi connectivity index (χ4v) is 7.40. The van der Waals surface area contributed by atoms with Crippen LogP contribution in [0.4, 0.5) is 0 Å². The van der Waals surface area contributed by atoms with Gasteiger partial charge >= 0.3 is 0 Å². The molecule has 0 aromatic carbocycles. The highest BCUT2D eigenvalue weighted by Crippen LogP contribution is 2.57. The monoisotopic (exact) mass is 419 g/mol. The second-order valence-corrected chi connectivity index (χ2v) is 11.8. The Morgan fingerprint density at radius 1 is 0.655 bits per heavy atom. The molecular formula is C27H49NS. The Bertz CT molecular complexity index is 422. The quantitative estimate of drug-likeness (QED) is 0.169. The predicted octanol–water partition coefficient (Wildman–Crippen LogP) is 8.85. The zero-order chi connectivity index (χ0) is 20.2. The zero-order valence-electron chi connectivity index (χ0n) is 19.5. The van der Waals surface area contributed by atoms with Gasteiger partial charge in [0, 0.05) is 0 Å². The van der Waals surface area contributed by atoms with E-state index in [1.54, 1.807) is 0 Å². The second kappa shape index (κ2) is 13.4. The normalized spacial score (nSPS) is 30.6. The van der Waals surface area contributed by atoms with Crippen LogP contribution in [0.5, 0.6) is 0 Å². The maximum atomic E-state index is 5.19. The van der Waals surface area contributed by atoms with E-state index in [0.29, 0.717) is 5.54 Å². The molecule has 0 saturated heterocycles. The summed E-state index contributed by atoms with van der Waals surface area (Å²) in [5.41, 5.74) is 0.406. The fraction of sp³-hybridized carbons (Fsp3) is 0.963. The molecule has 4 fully saturated rings. The highest BCUT2D eigenvalue weighted by Gasteiger charge is 2.50. The summed E-state index contributed by atoms with van der Waals surface area (Å²) in [4.78, 5) is 5.19. The number of hydrogen-bond acceptors (Lipinski definition) is 2. The largest absolute Gasteiger partial charge is 0.291 e. The van der Waals surface area contributed by atoms with Gasteiger partial charge in [0.1, 0.15) is 0 Å². The molecule has 0 aromatic heterocycles. The second-order valence-electron chi connectivity index (χ2n) is 10.8. The molecule has 168 valence electrons. The van der Waals surface area contributed by atoms with E-state index in [9.17, 15) is 0 Å². The minimum Gasteiger partial charge on any atom is -0.291 e. The van der Waals surface area contributed by atoms with E-state index in [1.807, 2.05) is 11.8 Å². The number of hydrogen-bond donors (Lipinski definition) is 0. The Labute approximate surface area is 186 Å². The lowest BCUT2D eigenvalue weighted by molar-refractivity contribution is 0.00184. The minimum atomic E-state index is 0.406. The van der Waals surface area contributed by atoms with Crippen molar-refractivity contribution >= 4 is 18.0 Å². The summed E-state index contributed by atoms with van der Waals surface area (Å²) in [6, 6.07) is 0. The topological polar surface area (TPSA) is 12.4 Å². The fourth-order valence-electron chi connectivity index (χ4n) is 6.91. The Morgan fingerprint density at radius 3 is 1.52 bits per heavy atom. The molecule has 4 aliphatic carbocycles. The van der Waals surface area contributed by atoms with Crippen molar-refractivity contribution in [3.63, 3.8) is 0 Å². The zero-order valence-corrected chi connectivity index (χ0v) is 20.3. The third kappa shape index (κ3) is 8.58. The van der Waals surface area contributed by atoms with Gasteiger partial charge in [-0.25, -0.2) is 0 Å². The van der Waals surface area contributed by atoms with E-state index in [0.717, 1.165) is 17.8 Å². The van der Waals surface area contributed by atoms with E-state index in [2.05, 4.69) is 12.5 Å².